The summed E-state index contributed by atoms with van der Waals surface area (Å²) in [6.07, 6.45) is 1.48. The Morgan fingerprint density at radius 1 is 1.40 bits per heavy atom. The van der Waals surface area contributed by atoms with Gasteiger partial charge in [0, 0.05) is 6.54 Å². The Hall–Kier alpha value is -2.05. The van der Waals surface area contributed by atoms with Crippen molar-refractivity contribution in [3.63, 3.8) is 0 Å². The lowest BCUT2D eigenvalue weighted by atomic mass is 10.2. The van der Waals surface area contributed by atoms with Crippen molar-refractivity contribution in [2.45, 2.75) is 27.3 Å². The van der Waals surface area contributed by atoms with Crippen LogP contribution >= 0.6 is 23.2 Å². The Morgan fingerprint density at radius 2 is 2.12 bits per heavy atom. The lowest BCUT2D eigenvalue weighted by Gasteiger charge is -2.06. The summed E-state index contributed by atoms with van der Waals surface area (Å²) in [4.78, 5) is 11.8. The second kappa shape index (κ2) is 8.87. The molecule has 2 aromatic rings. The first-order chi connectivity index (χ1) is 11.9. The monoisotopic (exact) mass is 382 g/mol. The first kappa shape index (κ1) is 19.3. The quantitative estimate of drug-likeness (QED) is 0.586. The summed E-state index contributed by atoms with van der Waals surface area (Å²) in [5.41, 5.74) is 3.81. The molecule has 8 heteroatoms. The van der Waals surface area contributed by atoms with Crippen molar-refractivity contribution in [3.8, 4) is 5.75 Å². The second-order valence-corrected chi connectivity index (χ2v) is 6.64. The van der Waals surface area contributed by atoms with E-state index in [1.807, 2.05) is 6.92 Å². The highest BCUT2D eigenvalue weighted by molar-refractivity contribution is 6.32. The Labute approximate surface area is 156 Å². The summed E-state index contributed by atoms with van der Waals surface area (Å²) in [5.74, 6) is 0.458. The summed E-state index contributed by atoms with van der Waals surface area (Å²) < 4.78 is 7.06. The van der Waals surface area contributed by atoms with Gasteiger partial charge in [-0.2, -0.15) is 10.2 Å². The minimum atomic E-state index is -0.403. The van der Waals surface area contributed by atoms with Crippen LogP contribution in [0.25, 0.3) is 0 Å². The van der Waals surface area contributed by atoms with E-state index in [-0.39, 0.29) is 6.61 Å². The Balaban J connectivity index is 1.91. The third-order valence-corrected chi connectivity index (χ3v) is 3.94. The molecule has 1 amide bonds. The molecule has 0 atom stereocenters. The van der Waals surface area contributed by atoms with E-state index < -0.39 is 5.91 Å². The minimum Gasteiger partial charge on any atom is -0.482 e. The molecule has 1 aromatic heterocycles. The highest BCUT2D eigenvalue weighted by atomic mass is 35.5. The number of benzene rings is 1. The minimum absolute atomic E-state index is 0.194. The zero-order chi connectivity index (χ0) is 18.4. The van der Waals surface area contributed by atoms with Crippen LogP contribution in [-0.2, 0) is 11.3 Å². The summed E-state index contributed by atoms with van der Waals surface area (Å²) in [6.45, 7) is 6.53. The van der Waals surface area contributed by atoms with E-state index in [2.05, 4.69) is 29.5 Å². The van der Waals surface area contributed by atoms with Gasteiger partial charge in [0.2, 0.25) is 0 Å². The zero-order valence-electron chi connectivity index (χ0n) is 14.3. The molecule has 25 heavy (non-hydrogen) atoms. The number of hydrazone groups is 1. The van der Waals surface area contributed by atoms with Crippen molar-refractivity contribution in [1.29, 1.82) is 0 Å². The number of rotatable bonds is 7. The zero-order valence-corrected chi connectivity index (χ0v) is 15.8. The molecule has 0 aliphatic rings. The van der Waals surface area contributed by atoms with Crippen molar-refractivity contribution in [2.24, 2.45) is 11.0 Å². The maximum atomic E-state index is 11.8. The molecule has 134 valence electrons. The van der Waals surface area contributed by atoms with Crippen LogP contribution in [0.4, 0.5) is 0 Å². The van der Waals surface area contributed by atoms with Crippen LogP contribution in [0.2, 0.25) is 10.2 Å². The van der Waals surface area contributed by atoms with E-state index in [9.17, 15) is 4.79 Å². The number of hydrogen-bond donors (Lipinski definition) is 1. The van der Waals surface area contributed by atoms with Gasteiger partial charge in [0.15, 0.2) is 6.61 Å². The standard InChI is InChI=1S/C17H20Cl2N4O2/c1-11(2)9-23-17(19)13(12(3)22-23)8-20-21-16(24)10-25-15-7-5-4-6-14(15)18/h4-8,11H,9-10H2,1-3H3,(H,21,24)/b20-8-. The fourth-order valence-corrected chi connectivity index (χ4v) is 2.57. The molecule has 0 aliphatic heterocycles. The number of nitrogens with zero attached hydrogens (tertiary/aromatic N) is 3. The van der Waals surface area contributed by atoms with Crippen molar-refractivity contribution >= 4 is 35.3 Å². The predicted octanol–water partition coefficient (Wildman–Crippen LogP) is 3.68. The number of para-hydroxylation sites is 1. The Kier molecular flexibility index (Phi) is 6.84. The van der Waals surface area contributed by atoms with Crippen LogP contribution in [0.5, 0.6) is 5.75 Å². The number of hydrogen-bond acceptors (Lipinski definition) is 4. The molecule has 0 saturated heterocycles. The van der Waals surface area contributed by atoms with Gasteiger partial charge in [0.25, 0.3) is 5.91 Å². The first-order valence-corrected chi connectivity index (χ1v) is 8.56. The van der Waals surface area contributed by atoms with Crippen LogP contribution in [0.3, 0.4) is 0 Å². The summed E-state index contributed by atoms with van der Waals surface area (Å²) in [6, 6.07) is 6.93. The number of carbonyl (C=O) groups is 1. The van der Waals surface area contributed by atoms with E-state index in [4.69, 9.17) is 27.9 Å². The molecule has 2 rings (SSSR count). The van der Waals surface area contributed by atoms with E-state index in [1.165, 1.54) is 6.21 Å². The molecule has 0 radical (unpaired) electrons. The molecule has 1 aromatic carbocycles. The molecular formula is C17H20Cl2N4O2. The van der Waals surface area contributed by atoms with Gasteiger partial charge in [-0.3, -0.25) is 9.48 Å². The topological polar surface area (TPSA) is 68.5 Å². The summed E-state index contributed by atoms with van der Waals surface area (Å²) in [7, 11) is 0. The predicted molar refractivity (Wildman–Crippen MR) is 99.5 cm³/mol. The van der Waals surface area contributed by atoms with Crippen LogP contribution in [-0.4, -0.2) is 28.5 Å². The van der Waals surface area contributed by atoms with Gasteiger partial charge >= 0.3 is 0 Å². The number of carbonyl (C=O) groups excluding carboxylic acids is 1. The average Bonchev–Trinajstić information content (AvgIpc) is 2.81. The third kappa shape index (κ3) is 5.47. The highest BCUT2D eigenvalue weighted by Crippen LogP contribution is 2.22. The maximum absolute atomic E-state index is 11.8. The largest absolute Gasteiger partial charge is 0.482 e. The number of ether oxygens (including phenoxy) is 1. The van der Waals surface area contributed by atoms with E-state index in [0.29, 0.717) is 34.0 Å². The van der Waals surface area contributed by atoms with E-state index in [0.717, 1.165) is 5.69 Å². The van der Waals surface area contributed by atoms with Gasteiger partial charge in [0.05, 0.1) is 22.5 Å². The highest BCUT2D eigenvalue weighted by Gasteiger charge is 2.12. The van der Waals surface area contributed by atoms with Crippen molar-refractivity contribution in [3.05, 3.63) is 45.7 Å². The Morgan fingerprint density at radius 3 is 2.80 bits per heavy atom. The normalized spacial score (nSPS) is 11.3. The summed E-state index contributed by atoms with van der Waals surface area (Å²) >= 11 is 12.3. The second-order valence-electron chi connectivity index (χ2n) is 5.88. The van der Waals surface area contributed by atoms with E-state index >= 15 is 0 Å². The van der Waals surface area contributed by atoms with Crippen LogP contribution in [0, 0.1) is 12.8 Å². The molecule has 0 spiro atoms. The fourth-order valence-electron chi connectivity index (χ4n) is 2.09. The average molecular weight is 383 g/mol. The summed E-state index contributed by atoms with van der Waals surface area (Å²) in [5, 5.41) is 9.23. The molecule has 1 heterocycles. The third-order valence-electron chi connectivity index (χ3n) is 3.23. The van der Waals surface area contributed by atoms with Crippen molar-refractivity contribution in [1.82, 2.24) is 15.2 Å². The van der Waals surface area contributed by atoms with E-state index in [1.54, 1.807) is 28.9 Å². The van der Waals surface area contributed by atoms with Gasteiger partial charge in [-0.15, -0.1) is 0 Å². The van der Waals surface area contributed by atoms with Crippen LogP contribution < -0.4 is 10.2 Å². The smallest absolute Gasteiger partial charge is 0.277 e. The molecule has 0 aliphatic carbocycles. The molecule has 0 fully saturated rings. The number of aryl methyl sites for hydroxylation is 1. The van der Waals surface area contributed by atoms with Crippen LogP contribution in [0.15, 0.2) is 29.4 Å². The SMILES string of the molecule is Cc1nn(CC(C)C)c(Cl)c1/C=N\NC(=O)COc1ccccc1Cl. The maximum Gasteiger partial charge on any atom is 0.277 e. The van der Waals surface area contributed by atoms with Gasteiger partial charge in [-0.25, -0.2) is 5.43 Å². The lowest BCUT2D eigenvalue weighted by molar-refractivity contribution is -0.123. The molecule has 6 nitrogen and oxygen atoms in total. The van der Waals surface area contributed by atoms with Gasteiger partial charge in [0.1, 0.15) is 10.9 Å². The molecule has 1 N–H and O–H groups in total. The van der Waals surface area contributed by atoms with Gasteiger partial charge in [-0.1, -0.05) is 49.2 Å². The number of nitrogens with one attached hydrogen (secondary N) is 1. The lowest BCUT2D eigenvalue weighted by Crippen LogP contribution is -2.24. The molecule has 0 bridgehead atoms. The fraction of sp³-hybridized carbons (Fsp3) is 0.353. The van der Waals surface area contributed by atoms with Gasteiger partial charge in [-0.05, 0) is 25.0 Å². The van der Waals surface area contributed by atoms with Gasteiger partial charge < -0.3 is 4.74 Å². The molecular weight excluding hydrogens is 363 g/mol. The molecule has 0 unspecified atom stereocenters. The molecule has 0 saturated carbocycles. The first-order valence-electron chi connectivity index (χ1n) is 7.80. The van der Waals surface area contributed by atoms with Crippen LogP contribution in [0.1, 0.15) is 25.1 Å². The Bertz CT molecular complexity index is 772. The number of aromatic nitrogens is 2. The van der Waals surface area contributed by atoms with Crippen molar-refractivity contribution in [2.75, 3.05) is 6.61 Å². The van der Waals surface area contributed by atoms with Crippen molar-refractivity contribution < 1.29 is 9.53 Å². The number of halogens is 2. The number of amides is 1.